The second-order valence-electron chi connectivity index (χ2n) is 10.3. The standard InChI is InChI=1S/C31H40F2N2O7/c1-5-25-20(3)27(40-18-22-13-9-7-10-14-22)26(34-21(4)36)28(42-25)31(32,33)17-24(29(37)39-6-2)35-30(38)41-19-23-15-11-8-12-16-23/h7-16,20,24-28H,5-6,17-19H2,1-4H3,(H,34,36)(H,35,38)/t20-,24?,25+,26+,27-,28-/m0/s1. The maximum atomic E-state index is 16.2. The summed E-state index contributed by atoms with van der Waals surface area (Å²) in [6, 6.07) is 15.0. The highest BCUT2D eigenvalue weighted by atomic mass is 19.3. The number of alkyl carbamates (subject to hydrolysis) is 1. The fourth-order valence-corrected chi connectivity index (χ4v) is 5.08. The molecule has 0 aromatic heterocycles. The Hall–Kier alpha value is -3.57. The summed E-state index contributed by atoms with van der Waals surface area (Å²) in [7, 11) is 0. The quantitative estimate of drug-likeness (QED) is 0.323. The van der Waals surface area contributed by atoms with Crippen LogP contribution in [0.5, 0.6) is 0 Å². The summed E-state index contributed by atoms with van der Waals surface area (Å²) in [4.78, 5) is 37.4. The van der Waals surface area contributed by atoms with Crippen LogP contribution in [0.3, 0.4) is 0 Å². The van der Waals surface area contributed by atoms with E-state index < -0.39 is 60.7 Å². The van der Waals surface area contributed by atoms with Crippen LogP contribution in [0.25, 0.3) is 0 Å². The minimum Gasteiger partial charge on any atom is -0.464 e. The van der Waals surface area contributed by atoms with Crippen molar-refractivity contribution in [3.63, 3.8) is 0 Å². The molecule has 1 aliphatic heterocycles. The van der Waals surface area contributed by atoms with Gasteiger partial charge in [0.2, 0.25) is 5.91 Å². The smallest absolute Gasteiger partial charge is 0.408 e. The summed E-state index contributed by atoms with van der Waals surface area (Å²) in [5, 5.41) is 4.83. The van der Waals surface area contributed by atoms with Crippen LogP contribution in [0.2, 0.25) is 0 Å². The number of benzene rings is 2. The third-order valence-corrected chi connectivity index (χ3v) is 7.13. The molecule has 11 heteroatoms. The Morgan fingerprint density at radius 2 is 1.55 bits per heavy atom. The monoisotopic (exact) mass is 590 g/mol. The number of carbonyl (C=O) groups excluding carboxylic acids is 3. The molecule has 6 atom stereocenters. The van der Waals surface area contributed by atoms with E-state index in [1.807, 2.05) is 44.2 Å². The molecular formula is C31H40F2N2O7. The maximum Gasteiger partial charge on any atom is 0.408 e. The second-order valence-corrected chi connectivity index (χ2v) is 10.3. The largest absolute Gasteiger partial charge is 0.464 e. The fraction of sp³-hybridized carbons (Fsp3) is 0.516. The van der Waals surface area contributed by atoms with Crippen molar-refractivity contribution in [2.75, 3.05) is 6.61 Å². The van der Waals surface area contributed by atoms with E-state index in [9.17, 15) is 14.4 Å². The number of alkyl halides is 2. The predicted molar refractivity (Wildman–Crippen MR) is 150 cm³/mol. The van der Waals surface area contributed by atoms with E-state index in [0.717, 1.165) is 5.56 Å². The van der Waals surface area contributed by atoms with E-state index in [-0.39, 0.29) is 25.7 Å². The van der Waals surface area contributed by atoms with E-state index in [2.05, 4.69) is 10.6 Å². The molecule has 2 amide bonds. The first-order valence-corrected chi connectivity index (χ1v) is 14.1. The lowest BCUT2D eigenvalue weighted by Gasteiger charge is -2.48. The van der Waals surface area contributed by atoms with Crippen LogP contribution in [-0.4, -0.2) is 60.9 Å². The van der Waals surface area contributed by atoms with Gasteiger partial charge in [-0.2, -0.15) is 0 Å². The van der Waals surface area contributed by atoms with Crippen molar-refractivity contribution in [2.45, 2.75) is 90.1 Å². The summed E-state index contributed by atoms with van der Waals surface area (Å²) in [5.41, 5.74) is 1.52. The Bertz CT molecular complexity index is 1150. The molecule has 2 aromatic carbocycles. The first-order chi connectivity index (χ1) is 20.1. The minimum absolute atomic E-state index is 0.0824. The van der Waals surface area contributed by atoms with Crippen LogP contribution in [0.4, 0.5) is 13.6 Å². The molecule has 1 unspecified atom stereocenters. The number of rotatable bonds is 13. The summed E-state index contributed by atoms with van der Waals surface area (Å²) in [6.45, 7) is 6.34. The van der Waals surface area contributed by atoms with Gasteiger partial charge in [0.1, 0.15) is 18.8 Å². The Morgan fingerprint density at radius 1 is 0.952 bits per heavy atom. The summed E-state index contributed by atoms with van der Waals surface area (Å²) in [6.07, 6.45) is -5.09. The van der Waals surface area contributed by atoms with Crippen molar-refractivity contribution in [1.29, 1.82) is 0 Å². The maximum absolute atomic E-state index is 16.2. The molecule has 3 rings (SSSR count). The lowest BCUT2D eigenvalue weighted by molar-refractivity contribution is -0.241. The van der Waals surface area contributed by atoms with Gasteiger partial charge < -0.3 is 29.6 Å². The molecule has 230 valence electrons. The van der Waals surface area contributed by atoms with Crippen molar-refractivity contribution in [1.82, 2.24) is 10.6 Å². The molecular weight excluding hydrogens is 550 g/mol. The summed E-state index contributed by atoms with van der Waals surface area (Å²) < 4.78 is 54.6. The Labute approximate surface area is 245 Å². The van der Waals surface area contributed by atoms with Gasteiger partial charge in [0, 0.05) is 19.3 Å². The molecule has 2 N–H and O–H groups in total. The lowest BCUT2D eigenvalue weighted by atomic mass is 9.82. The van der Waals surface area contributed by atoms with Gasteiger partial charge in [0.05, 0.1) is 31.5 Å². The highest BCUT2D eigenvalue weighted by Gasteiger charge is 2.56. The average molecular weight is 591 g/mol. The minimum atomic E-state index is -3.71. The summed E-state index contributed by atoms with van der Waals surface area (Å²) in [5.74, 6) is -5.63. The van der Waals surface area contributed by atoms with Gasteiger partial charge in [-0.1, -0.05) is 74.5 Å². The van der Waals surface area contributed by atoms with Gasteiger partial charge in [-0.05, 0) is 24.5 Å². The van der Waals surface area contributed by atoms with Gasteiger partial charge in [-0.15, -0.1) is 0 Å². The lowest BCUT2D eigenvalue weighted by Crippen LogP contribution is -2.66. The molecule has 2 aromatic rings. The topological polar surface area (TPSA) is 112 Å². The molecule has 1 aliphatic rings. The van der Waals surface area contributed by atoms with Crippen LogP contribution in [0.1, 0.15) is 51.7 Å². The number of esters is 1. The molecule has 0 spiro atoms. The number of nitrogens with one attached hydrogen (secondary N) is 2. The van der Waals surface area contributed by atoms with Crippen LogP contribution < -0.4 is 10.6 Å². The third-order valence-electron chi connectivity index (χ3n) is 7.13. The fourth-order valence-electron chi connectivity index (χ4n) is 5.08. The number of hydrogen-bond donors (Lipinski definition) is 2. The van der Waals surface area contributed by atoms with Crippen molar-refractivity contribution < 1.29 is 42.1 Å². The molecule has 0 bridgehead atoms. The van der Waals surface area contributed by atoms with Crippen LogP contribution >= 0.6 is 0 Å². The zero-order valence-electron chi connectivity index (χ0n) is 24.4. The molecule has 0 saturated carbocycles. The first-order valence-electron chi connectivity index (χ1n) is 14.1. The molecule has 1 fully saturated rings. The van der Waals surface area contributed by atoms with Crippen LogP contribution in [-0.2, 0) is 41.8 Å². The van der Waals surface area contributed by atoms with Gasteiger partial charge in [0.25, 0.3) is 5.92 Å². The van der Waals surface area contributed by atoms with E-state index in [4.69, 9.17) is 18.9 Å². The van der Waals surface area contributed by atoms with Gasteiger partial charge in [-0.25, -0.2) is 18.4 Å². The third kappa shape index (κ3) is 9.22. The number of amides is 2. The zero-order valence-corrected chi connectivity index (χ0v) is 24.4. The average Bonchev–Trinajstić information content (AvgIpc) is 2.96. The van der Waals surface area contributed by atoms with Crippen LogP contribution in [0, 0.1) is 5.92 Å². The first kappa shape index (κ1) is 32.9. The van der Waals surface area contributed by atoms with E-state index >= 15 is 8.78 Å². The SMILES string of the molecule is CCOC(=O)C(CC(F)(F)[C@H]1O[C@H](CC)[C@H](C)[C@H](OCc2ccccc2)[C@H]1NC(C)=O)NC(=O)OCc1ccccc1. The Morgan fingerprint density at radius 3 is 2.10 bits per heavy atom. The van der Waals surface area contributed by atoms with E-state index in [1.54, 1.807) is 30.3 Å². The van der Waals surface area contributed by atoms with Gasteiger partial charge in [-0.3, -0.25) is 4.79 Å². The molecule has 9 nitrogen and oxygen atoms in total. The molecule has 1 saturated heterocycles. The molecule has 0 aliphatic carbocycles. The van der Waals surface area contributed by atoms with Crippen molar-refractivity contribution in [2.24, 2.45) is 5.92 Å². The Kier molecular flexibility index (Phi) is 12.2. The number of halogens is 2. The number of ether oxygens (including phenoxy) is 4. The number of hydrogen-bond acceptors (Lipinski definition) is 7. The predicted octanol–water partition coefficient (Wildman–Crippen LogP) is 4.77. The second kappa shape index (κ2) is 15.6. The normalized spacial score (nSPS) is 23.0. The highest BCUT2D eigenvalue weighted by Crippen LogP contribution is 2.39. The van der Waals surface area contributed by atoms with E-state index in [0.29, 0.717) is 12.0 Å². The molecule has 1 heterocycles. The van der Waals surface area contributed by atoms with Crippen molar-refractivity contribution in [3.05, 3.63) is 71.8 Å². The van der Waals surface area contributed by atoms with Crippen LogP contribution in [0.15, 0.2) is 60.7 Å². The van der Waals surface area contributed by atoms with Gasteiger partial charge in [0.15, 0.2) is 0 Å². The number of carbonyl (C=O) groups is 3. The van der Waals surface area contributed by atoms with Crippen molar-refractivity contribution in [3.8, 4) is 0 Å². The molecule has 0 radical (unpaired) electrons. The van der Waals surface area contributed by atoms with E-state index in [1.165, 1.54) is 13.8 Å². The summed E-state index contributed by atoms with van der Waals surface area (Å²) >= 11 is 0. The Balaban J connectivity index is 1.83. The highest BCUT2D eigenvalue weighted by molar-refractivity contribution is 5.81. The van der Waals surface area contributed by atoms with Gasteiger partial charge >= 0.3 is 12.1 Å². The van der Waals surface area contributed by atoms with Crippen molar-refractivity contribution >= 4 is 18.0 Å². The zero-order chi connectivity index (χ0) is 30.7. The molecule has 42 heavy (non-hydrogen) atoms.